The molecule has 2 atom stereocenters. The summed E-state index contributed by atoms with van der Waals surface area (Å²) in [5.41, 5.74) is 2.17. The highest BCUT2D eigenvalue weighted by atomic mass is 16.2. The van der Waals surface area contributed by atoms with Crippen molar-refractivity contribution in [2.75, 3.05) is 13.6 Å². The van der Waals surface area contributed by atoms with Crippen molar-refractivity contribution in [1.29, 1.82) is 0 Å². The standard InChI is InChI=1S/C15H20N6O2/c1-9-4-12(19-18-9)15(23)16-6-10-5-13(22)21(3)14(10)11-7-17-20(2)8-11/h4,7-8,10,14H,5-6H2,1-3H3,(H,16,23)(H,18,19)/t10-,14+/m0/s1. The summed E-state index contributed by atoms with van der Waals surface area (Å²) in [6, 6.07) is 1.62. The summed E-state index contributed by atoms with van der Waals surface area (Å²) in [7, 11) is 3.63. The summed E-state index contributed by atoms with van der Waals surface area (Å²) in [6.07, 6.45) is 4.09. The SMILES string of the molecule is Cc1cc(C(=O)NC[C@@H]2CC(=O)N(C)[C@H]2c2cnn(C)c2)n[nH]1. The van der Waals surface area contributed by atoms with Crippen molar-refractivity contribution in [3.63, 3.8) is 0 Å². The molecule has 0 radical (unpaired) electrons. The molecule has 0 aliphatic carbocycles. The third-order valence-corrected chi connectivity index (χ3v) is 4.22. The molecular formula is C15H20N6O2. The van der Waals surface area contributed by atoms with E-state index in [1.54, 1.807) is 28.9 Å². The fraction of sp³-hybridized carbons (Fsp3) is 0.467. The first-order valence-electron chi connectivity index (χ1n) is 7.50. The van der Waals surface area contributed by atoms with Crippen molar-refractivity contribution in [1.82, 2.24) is 30.2 Å². The van der Waals surface area contributed by atoms with E-state index in [1.807, 2.05) is 20.2 Å². The summed E-state index contributed by atoms with van der Waals surface area (Å²) >= 11 is 0. The highest BCUT2D eigenvalue weighted by Gasteiger charge is 2.39. The molecule has 2 amide bonds. The van der Waals surface area contributed by atoms with Gasteiger partial charge in [0.2, 0.25) is 5.91 Å². The van der Waals surface area contributed by atoms with E-state index >= 15 is 0 Å². The zero-order chi connectivity index (χ0) is 16.6. The van der Waals surface area contributed by atoms with Crippen molar-refractivity contribution in [3.8, 4) is 0 Å². The second-order valence-electron chi connectivity index (χ2n) is 6.01. The Morgan fingerprint density at radius 2 is 2.26 bits per heavy atom. The van der Waals surface area contributed by atoms with Gasteiger partial charge in [-0.1, -0.05) is 0 Å². The van der Waals surface area contributed by atoms with Gasteiger partial charge in [-0.15, -0.1) is 0 Å². The lowest BCUT2D eigenvalue weighted by Crippen LogP contribution is -2.32. The molecule has 0 bridgehead atoms. The van der Waals surface area contributed by atoms with Crippen molar-refractivity contribution in [2.24, 2.45) is 13.0 Å². The Hall–Kier alpha value is -2.64. The molecule has 1 aliphatic rings. The van der Waals surface area contributed by atoms with E-state index in [1.165, 1.54) is 0 Å². The minimum absolute atomic E-state index is 0.0145. The fourth-order valence-electron chi connectivity index (χ4n) is 3.07. The van der Waals surface area contributed by atoms with Crippen LogP contribution < -0.4 is 5.32 Å². The van der Waals surface area contributed by atoms with E-state index < -0.39 is 0 Å². The molecule has 1 fully saturated rings. The molecular weight excluding hydrogens is 296 g/mol. The minimum Gasteiger partial charge on any atom is -0.350 e. The van der Waals surface area contributed by atoms with Crippen molar-refractivity contribution in [3.05, 3.63) is 35.4 Å². The summed E-state index contributed by atoms with van der Waals surface area (Å²) in [5, 5.41) is 13.7. The van der Waals surface area contributed by atoms with Gasteiger partial charge in [0, 0.05) is 50.4 Å². The van der Waals surface area contributed by atoms with Gasteiger partial charge in [0.25, 0.3) is 5.91 Å². The van der Waals surface area contributed by atoms with Gasteiger partial charge < -0.3 is 10.2 Å². The Morgan fingerprint density at radius 3 is 2.87 bits per heavy atom. The van der Waals surface area contributed by atoms with Crippen LogP contribution >= 0.6 is 0 Å². The Kier molecular flexibility index (Phi) is 3.89. The molecule has 8 nitrogen and oxygen atoms in total. The first-order chi connectivity index (χ1) is 11.0. The van der Waals surface area contributed by atoms with Gasteiger partial charge in [-0.2, -0.15) is 10.2 Å². The maximum Gasteiger partial charge on any atom is 0.271 e. The molecule has 3 rings (SSSR count). The molecule has 2 aromatic rings. The van der Waals surface area contributed by atoms with Crippen molar-refractivity contribution in [2.45, 2.75) is 19.4 Å². The number of carbonyl (C=O) groups excluding carboxylic acids is 2. The lowest BCUT2D eigenvalue weighted by atomic mass is 9.95. The van der Waals surface area contributed by atoms with E-state index in [2.05, 4.69) is 20.6 Å². The predicted octanol–water partition coefficient (Wildman–Crippen LogP) is 0.401. The number of nitrogens with one attached hydrogen (secondary N) is 2. The third kappa shape index (κ3) is 2.96. The number of aromatic amines is 1. The molecule has 122 valence electrons. The number of H-pyrrole nitrogens is 1. The van der Waals surface area contributed by atoms with Crippen LogP contribution in [0.15, 0.2) is 18.5 Å². The number of hydrogen-bond acceptors (Lipinski definition) is 4. The summed E-state index contributed by atoms with van der Waals surface area (Å²) < 4.78 is 1.72. The number of aryl methyl sites for hydroxylation is 2. The number of amides is 2. The first-order valence-corrected chi connectivity index (χ1v) is 7.50. The van der Waals surface area contributed by atoms with Crippen LogP contribution in [-0.4, -0.2) is 50.3 Å². The largest absolute Gasteiger partial charge is 0.350 e. The lowest BCUT2D eigenvalue weighted by molar-refractivity contribution is -0.127. The van der Waals surface area contributed by atoms with Crippen LogP contribution in [-0.2, 0) is 11.8 Å². The second kappa shape index (κ2) is 5.86. The fourth-order valence-corrected chi connectivity index (χ4v) is 3.07. The van der Waals surface area contributed by atoms with E-state index in [9.17, 15) is 9.59 Å². The van der Waals surface area contributed by atoms with Crippen LogP contribution in [0.2, 0.25) is 0 Å². The van der Waals surface area contributed by atoms with Crippen LogP contribution in [0.4, 0.5) is 0 Å². The van der Waals surface area contributed by atoms with Gasteiger partial charge >= 0.3 is 0 Å². The maximum absolute atomic E-state index is 12.1. The number of rotatable bonds is 4. The monoisotopic (exact) mass is 316 g/mol. The molecule has 8 heteroatoms. The second-order valence-corrected chi connectivity index (χ2v) is 6.01. The molecule has 2 aromatic heterocycles. The van der Waals surface area contributed by atoms with Crippen LogP contribution in [0.25, 0.3) is 0 Å². The van der Waals surface area contributed by atoms with E-state index in [0.717, 1.165) is 11.3 Å². The molecule has 0 spiro atoms. The molecule has 0 unspecified atom stereocenters. The predicted molar refractivity (Wildman–Crippen MR) is 82.5 cm³/mol. The van der Waals surface area contributed by atoms with Gasteiger partial charge in [0.05, 0.1) is 12.2 Å². The normalized spacial score (nSPS) is 21.0. The molecule has 1 saturated heterocycles. The summed E-state index contributed by atoms with van der Waals surface area (Å²) in [5.74, 6) is -0.143. The third-order valence-electron chi connectivity index (χ3n) is 4.22. The topological polar surface area (TPSA) is 95.9 Å². The van der Waals surface area contributed by atoms with Gasteiger partial charge in [0.1, 0.15) is 5.69 Å². The number of nitrogens with zero attached hydrogens (tertiary/aromatic N) is 4. The Labute approximate surface area is 133 Å². The first kappa shape index (κ1) is 15.3. The quantitative estimate of drug-likeness (QED) is 0.853. The molecule has 3 heterocycles. The minimum atomic E-state index is -0.235. The van der Waals surface area contributed by atoms with Crippen LogP contribution in [0.3, 0.4) is 0 Å². The molecule has 2 N–H and O–H groups in total. The molecule has 0 saturated carbocycles. The lowest BCUT2D eigenvalue weighted by Gasteiger charge is -2.24. The Bertz CT molecular complexity index is 734. The van der Waals surface area contributed by atoms with E-state index in [-0.39, 0.29) is 23.8 Å². The van der Waals surface area contributed by atoms with Crippen LogP contribution in [0.5, 0.6) is 0 Å². The highest BCUT2D eigenvalue weighted by Crippen LogP contribution is 2.36. The van der Waals surface area contributed by atoms with Gasteiger partial charge in [0.15, 0.2) is 0 Å². The van der Waals surface area contributed by atoms with Crippen molar-refractivity contribution < 1.29 is 9.59 Å². The average Bonchev–Trinajstić information content (AvgIpc) is 3.18. The highest BCUT2D eigenvalue weighted by molar-refractivity contribution is 5.92. The summed E-state index contributed by atoms with van der Waals surface area (Å²) in [4.78, 5) is 25.9. The van der Waals surface area contributed by atoms with Crippen LogP contribution in [0.1, 0.15) is 34.2 Å². The van der Waals surface area contributed by atoms with Gasteiger partial charge in [-0.25, -0.2) is 0 Å². The number of aromatic nitrogens is 4. The number of likely N-dealkylation sites (tertiary alicyclic amines) is 1. The smallest absolute Gasteiger partial charge is 0.271 e. The molecule has 23 heavy (non-hydrogen) atoms. The summed E-state index contributed by atoms with van der Waals surface area (Å²) in [6.45, 7) is 2.26. The number of hydrogen-bond donors (Lipinski definition) is 2. The molecule has 1 aliphatic heterocycles. The Morgan fingerprint density at radius 1 is 1.48 bits per heavy atom. The van der Waals surface area contributed by atoms with E-state index in [4.69, 9.17) is 0 Å². The zero-order valence-electron chi connectivity index (χ0n) is 13.4. The molecule has 0 aromatic carbocycles. The average molecular weight is 316 g/mol. The number of carbonyl (C=O) groups is 2. The zero-order valence-corrected chi connectivity index (χ0v) is 13.4. The van der Waals surface area contributed by atoms with E-state index in [0.29, 0.717) is 18.7 Å². The van der Waals surface area contributed by atoms with Crippen molar-refractivity contribution >= 4 is 11.8 Å². The Balaban J connectivity index is 1.70. The van der Waals surface area contributed by atoms with Gasteiger partial charge in [-0.05, 0) is 13.0 Å². The van der Waals surface area contributed by atoms with Gasteiger partial charge in [-0.3, -0.25) is 19.4 Å². The maximum atomic E-state index is 12.1. The van der Waals surface area contributed by atoms with Crippen LogP contribution in [0, 0.1) is 12.8 Å².